The Balaban J connectivity index is 2.21. The van der Waals surface area contributed by atoms with Crippen molar-refractivity contribution >= 4 is 0 Å². The fourth-order valence-electron chi connectivity index (χ4n) is 1.61. The molecule has 90 valence electrons. The minimum absolute atomic E-state index is 0.834. The number of hydrogen-bond donors (Lipinski definition) is 1. The Morgan fingerprint density at radius 2 is 1.88 bits per heavy atom. The molecule has 0 unspecified atom stereocenters. The van der Waals surface area contributed by atoms with Crippen molar-refractivity contribution in [1.29, 1.82) is 0 Å². The second kappa shape index (κ2) is 8.17. The van der Waals surface area contributed by atoms with Gasteiger partial charge in [0.1, 0.15) is 5.75 Å². The van der Waals surface area contributed by atoms with Crippen LogP contribution in [-0.4, -0.2) is 6.61 Å². The summed E-state index contributed by atoms with van der Waals surface area (Å²) < 4.78 is 5.66. The van der Waals surface area contributed by atoms with Crippen LogP contribution >= 0.6 is 0 Å². The van der Waals surface area contributed by atoms with Crippen LogP contribution in [-0.2, 0) is 6.54 Å². The van der Waals surface area contributed by atoms with Crippen molar-refractivity contribution in [2.45, 2.75) is 39.2 Å². The lowest BCUT2D eigenvalue weighted by molar-refractivity contribution is -0.612. The molecule has 0 spiro atoms. The van der Waals surface area contributed by atoms with E-state index in [9.17, 15) is 0 Å². The molecule has 0 aromatic heterocycles. The van der Waals surface area contributed by atoms with Crippen LogP contribution < -0.4 is 10.1 Å². The fraction of sp³-hybridized carbons (Fsp3) is 0.500. The van der Waals surface area contributed by atoms with Crippen LogP contribution in [0, 0.1) is 7.05 Å². The van der Waals surface area contributed by atoms with E-state index >= 15 is 0 Å². The highest BCUT2D eigenvalue weighted by atomic mass is 16.5. The van der Waals surface area contributed by atoms with Crippen LogP contribution in [0.5, 0.6) is 5.75 Å². The quantitative estimate of drug-likeness (QED) is 0.529. The third-order valence-electron chi connectivity index (χ3n) is 2.57. The van der Waals surface area contributed by atoms with E-state index in [-0.39, 0.29) is 0 Å². The summed E-state index contributed by atoms with van der Waals surface area (Å²) >= 11 is 0. The van der Waals surface area contributed by atoms with Crippen molar-refractivity contribution in [3.63, 3.8) is 0 Å². The first kappa shape index (κ1) is 13.0. The van der Waals surface area contributed by atoms with Crippen LogP contribution in [0.2, 0.25) is 0 Å². The molecule has 0 radical (unpaired) electrons. The smallest absolute Gasteiger partial charge is 0.119 e. The lowest BCUT2D eigenvalue weighted by atomic mass is 10.2. The Morgan fingerprint density at radius 1 is 1.12 bits per heavy atom. The number of hydrogen-bond acceptors (Lipinski definition) is 1. The Labute approximate surface area is 99.0 Å². The predicted octanol–water partition coefficient (Wildman–Crippen LogP) is 2.50. The third kappa shape index (κ3) is 5.17. The average Bonchev–Trinajstić information content (AvgIpc) is 2.31. The highest BCUT2D eigenvalue weighted by Gasteiger charge is 1.95. The summed E-state index contributed by atoms with van der Waals surface area (Å²) in [6, 6.07) is 8.28. The van der Waals surface area contributed by atoms with Crippen molar-refractivity contribution in [3.8, 4) is 5.75 Å². The van der Waals surface area contributed by atoms with Gasteiger partial charge in [0.15, 0.2) is 0 Å². The van der Waals surface area contributed by atoms with E-state index in [1.165, 1.54) is 24.8 Å². The maximum atomic E-state index is 5.66. The lowest BCUT2D eigenvalue weighted by Gasteiger charge is -2.07. The van der Waals surface area contributed by atoms with Gasteiger partial charge in [-0.25, -0.2) is 0 Å². The molecule has 2 N–H and O–H groups in total. The van der Waals surface area contributed by atoms with Crippen LogP contribution in [0.15, 0.2) is 24.3 Å². The summed E-state index contributed by atoms with van der Waals surface area (Å²) in [6.07, 6.45) is 5.01. The van der Waals surface area contributed by atoms with Gasteiger partial charge in [-0.2, -0.15) is 7.05 Å². The molecule has 0 amide bonds. The minimum atomic E-state index is 0.834. The van der Waals surface area contributed by atoms with Gasteiger partial charge in [-0.05, 0) is 30.7 Å². The molecule has 0 aliphatic heterocycles. The number of quaternary nitrogens is 1. The molecule has 1 aromatic carbocycles. The van der Waals surface area contributed by atoms with E-state index in [1.54, 1.807) is 0 Å². The zero-order chi connectivity index (χ0) is 11.6. The molecule has 2 heteroatoms. The van der Waals surface area contributed by atoms with Crippen molar-refractivity contribution in [3.05, 3.63) is 36.9 Å². The minimum Gasteiger partial charge on any atom is -0.494 e. The number of nitrogens with two attached hydrogens (primary N) is 1. The Kier molecular flexibility index (Phi) is 6.66. The van der Waals surface area contributed by atoms with Gasteiger partial charge >= 0.3 is 0 Å². The van der Waals surface area contributed by atoms with E-state index in [0.717, 1.165) is 25.3 Å². The molecule has 16 heavy (non-hydrogen) atoms. The third-order valence-corrected chi connectivity index (χ3v) is 2.57. The second-order valence-electron chi connectivity index (χ2n) is 4.05. The molecule has 0 saturated carbocycles. The molecule has 0 atom stereocenters. The zero-order valence-corrected chi connectivity index (χ0v) is 10.2. The SMILES string of the molecule is [CH2-][NH2+]Cc1ccc(OCCCCCC)cc1. The van der Waals surface area contributed by atoms with Gasteiger partial charge in [0.2, 0.25) is 0 Å². The molecule has 0 bridgehead atoms. The first-order chi connectivity index (χ1) is 7.86. The molecule has 0 heterocycles. The number of unbranched alkanes of at least 4 members (excludes halogenated alkanes) is 3. The highest BCUT2D eigenvalue weighted by Crippen LogP contribution is 2.12. The summed E-state index contributed by atoms with van der Waals surface area (Å²) in [5.41, 5.74) is 1.29. The molecule has 2 nitrogen and oxygen atoms in total. The van der Waals surface area contributed by atoms with Gasteiger partial charge in [-0.3, -0.25) is 0 Å². The van der Waals surface area contributed by atoms with E-state index in [1.807, 2.05) is 17.4 Å². The second-order valence-corrected chi connectivity index (χ2v) is 4.05. The van der Waals surface area contributed by atoms with Crippen LogP contribution in [0.1, 0.15) is 38.2 Å². The summed E-state index contributed by atoms with van der Waals surface area (Å²) in [6.45, 7) is 3.98. The summed E-state index contributed by atoms with van der Waals surface area (Å²) in [5, 5.41) is 1.92. The maximum absolute atomic E-state index is 5.66. The largest absolute Gasteiger partial charge is 0.494 e. The van der Waals surface area contributed by atoms with Gasteiger partial charge in [-0.1, -0.05) is 26.2 Å². The first-order valence-corrected chi connectivity index (χ1v) is 6.19. The van der Waals surface area contributed by atoms with Gasteiger partial charge in [0.05, 0.1) is 13.2 Å². The Morgan fingerprint density at radius 3 is 2.50 bits per heavy atom. The van der Waals surface area contributed by atoms with Crippen molar-refractivity contribution in [2.24, 2.45) is 0 Å². The fourth-order valence-corrected chi connectivity index (χ4v) is 1.61. The highest BCUT2D eigenvalue weighted by molar-refractivity contribution is 5.26. The molecule has 0 fully saturated rings. The predicted molar refractivity (Wildman–Crippen MR) is 67.1 cm³/mol. The first-order valence-electron chi connectivity index (χ1n) is 6.19. The topological polar surface area (TPSA) is 25.8 Å². The Hall–Kier alpha value is -1.02. The zero-order valence-electron chi connectivity index (χ0n) is 10.2. The van der Waals surface area contributed by atoms with Gasteiger partial charge in [0, 0.05) is 5.56 Å². The lowest BCUT2D eigenvalue weighted by Crippen LogP contribution is -2.74. The van der Waals surface area contributed by atoms with Gasteiger partial charge in [-0.15, -0.1) is 0 Å². The molecule has 0 aliphatic rings. The van der Waals surface area contributed by atoms with E-state index in [2.05, 4.69) is 26.1 Å². The summed E-state index contributed by atoms with van der Waals surface area (Å²) in [7, 11) is 3.73. The van der Waals surface area contributed by atoms with Gasteiger partial charge in [0.25, 0.3) is 0 Å². The summed E-state index contributed by atoms with van der Waals surface area (Å²) in [4.78, 5) is 0. The van der Waals surface area contributed by atoms with Crippen LogP contribution in [0.4, 0.5) is 0 Å². The van der Waals surface area contributed by atoms with Crippen molar-refractivity contribution < 1.29 is 10.1 Å². The molecule has 0 saturated heterocycles. The Bertz CT molecular complexity index is 269. The summed E-state index contributed by atoms with van der Waals surface area (Å²) in [5.74, 6) is 0.976. The van der Waals surface area contributed by atoms with E-state index in [4.69, 9.17) is 4.74 Å². The number of rotatable bonds is 8. The monoisotopic (exact) mass is 221 g/mol. The number of benzene rings is 1. The molecule has 1 rings (SSSR count). The van der Waals surface area contributed by atoms with Crippen LogP contribution in [0.3, 0.4) is 0 Å². The van der Waals surface area contributed by atoms with Crippen LogP contribution in [0.25, 0.3) is 0 Å². The van der Waals surface area contributed by atoms with Gasteiger partial charge < -0.3 is 10.1 Å². The van der Waals surface area contributed by atoms with E-state index in [0.29, 0.717) is 0 Å². The molecular weight excluding hydrogens is 198 g/mol. The standard InChI is InChI=1S/C14H23NO/c1-3-4-5-6-11-16-14-9-7-13(8-10-14)12-15-2/h7-10H,2-6,11-12,15H2,1H3. The molecular formula is C14H23NO. The average molecular weight is 221 g/mol. The van der Waals surface area contributed by atoms with Crippen molar-refractivity contribution in [1.82, 2.24) is 0 Å². The molecule has 0 aliphatic carbocycles. The van der Waals surface area contributed by atoms with Crippen molar-refractivity contribution in [2.75, 3.05) is 6.61 Å². The maximum Gasteiger partial charge on any atom is 0.119 e. The molecule has 1 aromatic rings. The number of ether oxygens (including phenoxy) is 1. The van der Waals surface area contributed by atoms with E-state index < -0.39 is 0 Å². The normalized spacial score (nSPS) is 10.4.